The van der Waals surface area contributed by atoms with E-state index >= 15 is 0 Å². The molecule has 0 aliphatic heterocycles. The van der Waals surface area contributed by atoms with Gasteiger partial charge in [-0.05, 0) is 41.3 Å². The fraction of sp³-hybridized carbons (Fsp3) is 0.300. The topological polar surface area (TPSA) is 70.9 Å². The second-order valence-electron chi connectivity index (χ2n) is 7.53. The molecule has 0 atom stereocenters. The monoisotopic (exact) mass is 335 g/mol. The maximum atomic E-state index is 12.6. The third-order valence-electron chi connectivity index (χ3n) is 4.21. The van der Waals surface area contributed by atoms with Crippen molar-refractivity contribution in [3.05, 3.63) is 52.4 Å². The Morgan fingerprint density at radius 3 is 2.48 bits per heavy atom. The highest BCUT2D eigenvalue weighted by Crippen LogP contribution is 2.30. The van der Waals surface area contributed by atoms with E-state index in [9.17, 15) is 15.2 Å². The van der Waals surface area contributed by atoms with Crippen LogP contribution in [0.25, 0.3) is 22.2 Å². The number of hydrogen-bond donors (Lipinski definition) is 1. The molecular formula is C20H21N3O2. The molecule has 0 spiro atoms. The highest BCUT2D eigenvalue weighted by atomic mass is 16.3. The minimum absolute atomic E-state index is 0.0179. The van der Waals surface area contributed by atoms with Gasteiger partial charge >= 0.3 is 5.69 Å². The first-order chi connectivity index (χ1) is 11.7. The van der Waals surface area contributed by atoms with Crippen LogP contribution in [0.3, 0.4) is 0 Å². The molecule has 0 aliphatic carbocycles. The van der Waals surface area contributed by atoms with Crippen LogP contribution in [0.4, 0.5) is 0 Å². The summed E-state index contributed by atoms with van der Waals surface area (Å²) in [6.07, 6.45) is 0. The number of aryl methyl sites for hydroxylation is 1. The fourth-order valence-electron chi connectivity index (χ4n) is 3.07. The maximum absolute atomic E-state index is 12.6. The Balaban J connectivity index is 2.24. The number of nitriles is 1. The van der Waals surface area contributed by atoms with Gasteiger partial charge in [-0.2, -0.15) is 5.26 Å². The molecule has 0 radical (unpaired) electrons. The molecule has 1 N–H and O–H groups in total. The zero-order valence-corrected chi connectivity index (χ0v) is 14.9. The summed E-state index contributed by atoms with van der Waals surface area (Å²) in [6.45, 7) is 6.91. The molecule has 1 heterocycles. The van der Waals surface area contributed by atoms with Crippen molar-refractivity contribution >= 4 is 11.0 Å². The summed E-state index contributed by atoms with van der Waals surface area (Å²) < 4.78 is 3.41. The summed E-state index contributed by atoms with van der Waals surface area (Å²) >= 11 is 0. The maximum Gasteiger partial charge on any atom is 0.328 e. The summed E-state index contributed by atoms with van der Waals surface area (Å²) in [5.41, 5.74) is 3.53. The summed E-state index contributed by atoms with van der Waals surface area (Å²) in [4.78, 5) is 12.6. The molecule has 0 aliphatic rings. The first kappa shape index (κ1) is 16.8. The van der Waals surface area contributed by atoms with Crippen LogP contribution in [0.1, 0.15) is 26.3 Å². The van der Waals surface area contributed by atoms with Gasteiger partial charge < -0.3 is 5.11 Å². The third-order valence-corrected chi connectivity index (χ3v) is 4.21. The molecular weight excluding hydrogens is 314 g/mol. The number of hydrogen-bond acceptors (Lipinski definition) is 3. The quantitative estimate of drug-likeness (QED) is 0.777. The average molecular weight is 335 g/mol. The Morgan fingerprint density at radius 2 is 1.84 bits per heavy atom. The van der Waals surface area contributed by atoms with Gasteiger partial charge in [-0.3, -0.25) is 9.13 Å². The summed E-state index contributed by atoms with van der Waals surface area (Å²) in [6, 6.07) is 12.5. The van der Waals surface area contributed by atoms with Gasteiger partial charge in [-0.25, -0.2) is 4.79 Å². The molecule has 0 amide bonds. The number of nitrogens with zero attached hydrogens (tertiary/aromatic N) is 3. The van der Waals surface area contributed by atoms with E-state index < -0.39 is 0 Å². The number of fused-ring (bicyclic) bond motifs is 1. The van der Waals surface area contributed by atoms with Crippen LogP contribution in [-0.2, 0) is 13.6 Å². The van der Waals surface area contributed by atoms with Crippen molar-refractivity contribution in [2.24, 2.45) is 12.5 Å². The molecule has 25 heavy (non-hydrogen) atoms. The van der Waals surface area contributed by atoms with Crippen LogP contribution >= 0.6 is 0 Å². The lowest BCUT2D eigenvalue weighted by atomic mass is 9.96. The number of phenols is 1. The van der Waals surface area contributed by atoms with E-state index in [1.165, 1.54) is 6.07 Å². The van der Waals surface area contributed by atoms with Crippen LogP contribution in [0.15, 0.2) is 41.2 Å². The van der Waals surface area contributed by atoms with Crippen LogP contribution in [0.2, 0.25) is 0 Å². The van der Waals surface area contributed by atoms with Crippen LogP contribution in [0.5, 0.6) is 5.75 Å². The zero-order valence-electron chi connectivity index (χ0n) is 14.9. The van der Waals surface area contributed by atoms with Crippen molar-refractivity contribution in [3.8, 4) is 22.9 Å². The van der Waals surface area contributed by atoms with Crippen molar-refractivity contribution in [3.63, 3.8) is 0 Å². The van der Waals surface area contributed by atoms with Crippen molar-refractivity contribution < 1.29 is 5.11 Å². The first-order valence-electron chi connectivity index (χ1n) is 8.14. The van der Waals surface area contributed by atoms with Crippen molar-refractivity contribution in [1.82, 2.24) is 9.13 Å². The van der Waals surface area contributed by atoms with Crippen molar-refractivity contribution in [1.29, 1.82) is 5.26 Å². The fourth-order valence-corrected chi connectivity index (χ4v) is 3.07. The molecule has 0 unspecified atom stereocenters. The second-order valence-corrected chi connectivity index (χ2v) is 7.53. The van der Waals surface area contributed by atoms with Crippen molar-refractivity contribution in [2.75, 3.05) is 0 Å². The molecule has 3 rings (SSSR count). The van der Waals surface area contributed by atoms with Gasteiger partial charge in [0, 0.05) is 19.2 Å². The van der Waals surface area contributed by atoms with E-state index in [4.69, 9.17) is 0 Å². The van der Waals surface area contributed by atoms with Gasteiger partial charge in [-0.1, -0.05) is 26.8 Å². The first-order valence-corrected chi connectivity index (χ1v) is 8.14. The summed E-state index contributed by atoms with van der Waals surface area (Å²) in [5, 5.41) is 19.1. The molecule has 5 nitrogen and oxygen atoms in total. The lowest BCUT2D eigenvalue weighted by molar-refractivity contribution is 0.342. The van der Waals surface area contributed by atoms with E-state index in [0.717, 1.165) is 16.6 Å². The Morgan fingerprint density at radius 1 is 1.12 bits per heavy atom. The van der Waals surface area contributed by atoms with Crippen molar-refractivity contribution in [2.45, 2.75) is 27.3 Å². The molecule has 0 bridgehead atoms. The summed E-state index contributed by atoms with van der Waals surface area (Å²) in [5.74, 6) is 0.105. The number of rotatable bonds is 2. The Labute approximate surface area is 146 Å². The predicted octanol–water partition coefficient (Wildman–Crippen LogP) is 3.63. The standard InChI is InChI=1S/C20H21N3O2/c1-20(2,3)12-23-17-8-6-13(9-18(17)22(4)19(23)25)16-10-15(24)7-5-14(16)11-21/h5-10,24H,12H2,1-4H3. The molecule has 2 aromatic carbocycles. The highest BCUT2D eigenvalue weighted by Gasteiger charge is 2.18. The molecule has 0 saturated carbocycles. The van der Waals surface area contributed by atoms with E-state index in [1.807, 2.05) is 18.2 Å². The van der Waals surface area contributed by atoms with E-state index in [2.05, 4.69) is 26.8 Å². The minimum atomic E-state index is -0.0570. The summed E-state index contributed by atoms with van der Waals surface area (Å²) in [7, 11) is 1.75. The van der Waals surface area contributed by atoms with Gasteiger partial charge in [0.25, 0.3) is 0 Å². The smallest absolute Gasteiger partial charge is 0.328 e. The normalized spacial score (nSPS) is 11.6. The molecule has 1 aromatic heterocycles. The molecule has 0 fully saturated rings. The van der Waals surface area contributed by atoms with Gasteiger partial charge in [-0.15, -0.1) is 0 Å². The lowest BCUT2D eigenvalue weighted by Crippen LogP contribution is -2.27. The molecule has 128 valence electrons. The van der Waals surface area contributed by atoms with Gasteiger partial charge in [0.15, 0.2) is 0 Å². The Kier molecular flexibility index (Phi) is 3.92. The minimum Gasteiger partial charge on any atom is -0.508 e. The predicted molar refractivity (Wildman–Crippen MR) is 98.4 cm³/mol. The van der Waals surface area contributed by atoms with Gasteiger partial charge in [0.05, 0.1) is 22.7 Å². The number of aromatic hydroxyl groups is 1. The average Bonchev–Trinajstić information content (AvgIpc) is 2.78. The molecule has 0 saturated heterocycles. The second kappa shape index (κ2) is 5.82. The van der Waals surface area contributed by atoms with Gasteiger partial charge in [0.2, 0.25) is 0 Å². The lowest BCUT2D eigenvalue weighted by Gasteiger charge is -2.18. The molecule has 5 heteroatoms. The van der Waals surface area contributed by atoms with E-state index in [-0.39, 0.29) is 16.9 Å². The van der Waals surface area contributed by atoms with E-state index in [0.29, 0.717) is 17.7 Å². The van der Waals surface area contributed by atoms with E-state index in [1.54, 1.807) is 28.3 Å². The molecule has 3 aromatic rings. The van der Waals surface area contributed by atoms with Crippen LogP contribution in [0, 0.1) is 16.7 Å². The Bertz CT molecular complexity index is 1060. The largest absolute Gasteiger partial charge is 0.508 e. The highest BCUT2D eigenvalue weighted by molar-refractivity contribution is 5.84. The number of aromatic nitrogens is 2. The SMILES string of the molecule is Cn1c(=O)n(CC(C)(C)C)c2ccc(-c3cc(O)ccc3C#N)cc21. The van der Waals surface area contributed by atoms with Gasteiger partial charge in [0.1, 0.15) is 5.75 Å². The third kappa shape index (κ3) is 3.03. The van der Waals surface area contributed by atoms with Crippen LogP contribution < -0.4 is 5.69 Å². The number of imidazole rings is 1. The van der Waals surface area contributed by atoms with Crippen LogP contribution in [-0.4, -0.2) is 14.2 Å². The number of benzene rings is 2. The number of phenolic OH excluding ortho intramolecular Hbond substituents is 1. The zero-order chi connectivity index (χ0) is 18.4. The Hall–Kier alpha value is -3.00.